The minimum absolute atomic E-state index is 0.122. The normalized spacial score (nSPS) is 11.2. The van der Waals surface area contributed by atoms with E-state index in [9.17, 15) is 22.4 Å². The summed E-state index contributed by atoms with van der Waals surface area (Å²) in [5, 5.41) is 1.64. The fourth-order valence-electron chi connectivity index (χ4n) is 1.12. The number of ether oxygens (including phenoxy) is 1. The van der Waals surface area contributed by atoms with Crippen molar-refractivity contribution in [3.63, 3.8) is 0 Å². The van der Waals surface area contributed by atoms with Crippen molar-refractivity contribution in [3.8, 4) is 5.75 Å². The number of carbonyl (C=O) groups excluding carboxylic acids is 1. The Hall–Kier alpha value is -1.79. The fraction of sp³-hybridized carbons (Fsp3) is 0.364. The molecule has 0 atom stereocenters. The Labute approximate surface area is 101 Å². The molecule has 0 heterocycles. The maximum atomic E-state index is 12.8. The molecule has 0 radical (unpaired) electrons. The van der Waals surface area contributed by atoms with Crippen molar-refractivity contribution in [1.29, 1.82) is 0 Å². The molecule has 0 aromatic heterocycles. The highest BCUT2D eigenvalue weighted by atomic mass is 19.4. The molecule has 1 aromatic carbocycles. The zero-order chi connectivity index (χ0) is 13.8. The maximum Gasteiger partial charge on any atom is 0.405 e. The molecule has 100 valence electrons. The van der Waals surface area contributed by atoms with Gasteiger partial charge < -0.3 is 10.1 Å². The second-order valence-electron chi connectivity index (χ2n) is 3.59. The van der Waals surface area contributed by atoms with Crippen LogP contribution in [0.15, 0.2) is 18.2 Å². The largest absolute Gasteiger partial charge is 0.483 e. The smallest absolute Gasteiger partial charge is 0.405 e. The van der Waals surface area contributed by atoms with Crippen molar-refractivity contribution in [2.24, 2.45) is 0 Å². The van der Waals surface area contributed by atoms with E-state index in [0.29, 0.717) is 5.56 Å². The van der Waals surface area contributed by atoms with Crippen molar-refractivity contribution in [3.05, 3.63) is 29.6 Å². The van der Waals surface area contributed by atoms with Crippen LogP contribution in [0.2, 0.25) is 0 Å². The van der Waals surface area contributed by atoms with Crippen LogP contribution >= 0.6 is 0 Å². The predicted molar refractivity (Wildman–Crippen MR) is 55.7 cm³/mol. The third kappa shape index (κ3) is 5.03. The summed E-state index contributed by atoms with van der Waals surface area (Å²) in [6.07, 6.45) is -4.47. The topological polar surface area (TPSA) is 38.3 Å². The Morgan fingerprint density at radius 1 is 1.39 bits per heavy atom. The number of alkyl halides is 3. The molecular formula is C11H11F4NO2. The molecule has 18 heavy (non-hydrogen) atoms. The van der Waals surface area contributed by atoms with E-state index in [4.69, 9.17) is 4.74 Å². The van der Waals surface area contributed by atoms with Crippen LogP contribution in [0.25, 0.3) is 0 Å². The van der Waals surface area contributed by atoms with Gasteiger partial charge in [0.1, 0.15) is 18.1 Å². The summed E-state index contributed by atoms with van der Waals surface area (Å²) in [5.41, 5.74) is 0.583. The van der Waals surface area contributed by atoms with Crippen molar-refractivity contribution in [2.75, 3.05) is 13.2 Å². The first-order valence-electron chi connectivity index (χ1n) is 5.00. The average Bonchev–Trinajstić information content (AvgIpc) is 2.26. The number of nitrogens with one attached hydrogen (secondary N) is 1. The predicted octanol–water partition coefficient (Wildman–Crippen LogP) is 2.19. The molecule has 1 aromatic rings. The number of carbonyl (C=O) groups is 1. The van der Waals surface area contributed by atoms with Gasteiger partial charge in [-0.2, -0.15) is 13.2 Å². The second-order valence-corrected chi connectivity index (χ2v) is 3.59. The quantitative estimate of drug-likeness (QED) is 0.847. The molecule has 0 saturated carbocycles. The summed E-state index contributed by atoms with van der Waals surface area (Å²) in [6, 6.07) is 3.72. The first kappa shape index (κ1) is 14.3. The first-order valence-corrected chi connectivity index (χ1v) is 5.00. The van der Waals surface area contributed by atoms with E-state index in [1.54, 1.807) is 12.2 Å². The first-order chi connectivity index (χ1) is 8.28. The Bertz CT molecular complexity index is 432. The molecule has 0 aliphatic carbocycles. The van der Waals surface area contributed by atoms with Crippen molar-refractivity contribution >= 4 is 5.91 Å². The van der Waals surface area contributed by atoms with E-state index in [2.05, 4.69) is 0 Å². The molecule has 0 unspecified atom stereocenters. The summed E-state index contributed by atoms with van der Waals surface area (Å²) >= 11 is 0. The third-order valence-corrected chi connectivity index (χ3v) is 1.99. The van der Waals surface area contributed by atoms with E-state index in [1.165, 1.54) is 12.1 Å². The molecule has 0 aliphatic heterocycles. The van der Waals surface area contributed by atoms with E-state index < -0.39 is 31.1 Å². The van der Waals surface area contributed by atoms with E-state index in [0.717, 1.165) is 6.07 Å². The fourth-order valence-corrected chi connectivity index (χ4v) is 1.12. The lowest BCUT2D eigenvalue weighted by Gasteiger charge is -2.10. The van der Waals surface area contributed by atoms with Crippen molar-refractivity contribution in [1.82, 2.24) is 5.32 Å². The highest BCUT2D eigenvalue weighted by Crippen LogP contribution is 2.18. The monoisotopic (exact) mass is 265 g/mol. The number of hydrogen-bond acceptors (Lipinski definition) is 2. The molecule has 3 nitrogen and oxygen atoms in total. The average molecular weight is 265 g/mol. The molecule has 1 N–H and O–H groups in total. The molecule has 0 bridgehead atoms. The zero-order valence-corrected chi connectivity index (χ0v) is 9.47. The van der Waals surface area contributed by atoms with Gasteiger partial charge in [0.05, 0.1) is 0 Å². The molecule has 7 heteroatoms. The zero-order valence-electron chi connectivity index (χ0n) is 9.47. The number of hydrogen-bond donors (Lipinski definition) is 1. The van der Waals surface area contributed by atoms with Crippen LogP contribution in [0.4, 0.5) is 17.6 Å². The van der Waals surface area contributed by atoms with Gasteiger partial charge in [0.25, 0.3) is 5.91 Å². The minimum Gasteiger partial charge on any atom is -0.483 e. The number of rotatable bonds is 4. The Kier molecular flexibility index (Phi) is 4.52. The van der Waals surface area contributed by atoms with Crippen molar-refractivity contribution in [2.45, 2.75) is 13.1 Å². The van der Waals surface area contributed by atoms with Gasteiger partial charge in [-0.1, -0.05) is 6.07 Å². The van der Waals surface area contributed by atoms with Gasteiger partial charge in [-0.25, -0.2) is 4.39 Å². The summed E-state index contributed by atoms with van der Waals surface area (Å²) in [5.74, 6) is -1.35. The van der Waals surface area contributed by atoms with Crippen LogP contribution in [0.1, 0.15) is 5.56 Å². The van der Waals surface area contributed by atoms with E-state index in [-0.39, 0.29) is 5.75 Å². The molecule has 0 saturated heterocycles. The number of benzene rings is 1. The van der Waals surface area contributed by atoms with Crippen LogP contribution in [0.5, 0.6) is 5.75 Å². The van der Waals surface area contributed by atoms with Crippen LogP contribution < -0.4 is 10.1 Å². The van der Waals surface area contributed by atoms with Crippen LogP contribution in [-0.4, -0.2) is 25.2 Å². The van der Waals surface area contributed by atoms with Gasteiger partial charge in [-0.05, 0) is 18.6 Å². The number of amides is 1. The standard InChI is InChI=1S/C11H11F4NO2/c1-7-2-3-8(12)4-9(7)18-5-10(17)16-6-11(13,14)15/h2-4H,5-6H2,1H3,(H,16,17). The van der Waals surface area contributed by atoms with Gasteiger partial charge >= 0.3 is 6.18 Å². The summed E-state index contributed by atoms with van der Waals surface area (Å²) in [6.45, 7) is -0.389. The lowest BCUT2D eigenvalue weighted by Crippen LogP contribution is -2.36. The van der Waals surface area contributed by atoms with Crippen LogP contribution in [0.3, 0.4) is 0 Å². The van der Waals surface area contributed by atoms with Gasteiger partial charge in [-0.3, -0.25) is 4.79 Å². The van der Waals surface area contributed by atoms with Gasteiger partial charge in [0.15, 0.2) is 6.61 Å². The lowest BCUT2D eigenvalue weighted by atomic mass is 10.2. The summed E-state index contributed by atoms with van der Waals surface area (Å²) in [4.78, 5) is 11.0. The molecule has 0 aliphatic rings. The lowest BCUT2D eigenvalue weighted by molar-refractivity contribution is -0.139. The van der Waals surface area contributed by atoms with Crippen molar-refractivity contribution < 1.29 is 27.1 Å². The maximum absolute atomic E-state index is 12.8. The number of aryl methyl sites for hydroxylation is 1. The third-order valence-electron chi connectivity index (χ3n) is 1.99. The van der Waals surface area contributed by atoms with E-state index in [1.807, 2.05) is 0 Å². The van der Waals surface area contributed by atoms with Gasteiger partial charge in [-0.15, -0.1) is 0 Å². The van der Waals surface area contributed by atoms with Gasteiger partial charge in [0, 0.05) is 6.07 Å². The SMILES string of the molecule is Cc1ccc(F)cc1OCC(=O)NCC(F)(F)F. The Morgan fingerprint density at radius 2 is 2.06 bits per heavy atom. The summed E-state index contributed by atoms with van der Waals surface area (Å²) < 4.78 is 53.1. The number of halogens is 4. The molecule has 0 spiro atoms. The Balaban J connectivity index is 2.45. The highest BCUT2D eigenvalue weighted by Gasteiger charge is 2.27. The van der Waals surface area contributed by atoms with Crippen LogP contribution in [0, 0.1) is 12.7 Å². The molecule has 1 amide bonds. The molecular weight excluding hydrogens is 254 g/mol. The van der Waals surface area contributed by atoms with Gasteiger partial charge in [0.2, 0.25) is 0 Å². The minimum atomic E-state index is -4.47. The second kappa shape index (κ2) is 5.70. The molecule has 1 rings (SSSR count). The van der Waals surface area contributed by atoms with Crippen LogP contribution in [-0.2, 0) is 4.79 Å². The Morgan fingerprint density at radius 3 is 2.67 bits per heavy atom. The summed E-state index contributed by atoms with van der Waals surface area (Å²) in [7, 11) is 0. The van der Waals surface area contributed by atoms with E-state index >= 15 is 0 Å². The molecule has 0 fully saturated rings. The highest BCUT2D eigenvalue weighted by molar-refractivity contribution is 5.77.